The van der Waals surface area contributed by atoms with Crippen LogP contribution in [0.4, 0.5) is 0 Å². The van der Waals surface area contributed by atoms with Crippen molar-refractivity contribution in [3.63, 3.8) is 0 Å². The molecule has 1 rings (SSSR count). The summed E-state index contributed by atoms with van der Waals surface area (Å²) >= 11 is 0. The van der Waals surface area contributed by atoms with Crippen molar-refractivity contribution in [2.24, 2.45) is 0 Å². The van der Waals surface area contributed by atoms with E-state index in [1.54, 1.807) is 0 Å². The molecule has 0 aromatic rings. The second-order valence-electron chi connectivity index (χ2n) is 2.90. The fraction of sp³-hybridized carbons (Fsp3) is 0.714. The minimum atomic E-state index is -1.68. The highest BCUT2D eigenvalue weighted by molar-refractivity contribution is 6.04. The Balaban J connectivity index is 2.82. The molecule has 74 valence electrons. The molecule has 0 amide bonds. The Bertz CT molecular complexity index is 237. The van der Waals surface area contributed by atoms with Gasteiger partial charge in [-0.3, -0.25) is 4.79 Å². The number of aliphatic hydroxyl groups is 2. The molecule has 0 saturated carbocycles. The van der Waals surface area contributed by atoms with Gasteiger partial charge in [-0.05, 0) is 6.92 Å². The van der Waals surface area contributed by atoms with E-state index in [0.717, 1.165) is 0 Å². The zero-order valence-corrected chi connectivity index (χ0v) is 6.88. The molecule has 0 aromatic heterocycles. The van der Waals surface area contributed by atoms with Gasteiger partial charge < -0.3 is 20.1 Å². The highest BCUT2D eigenvalue weighted by Crippen LogP contribution is 2.17. The predicted octanol–water partition coefficient (Wildman–Crippen LogP) is -1.85. The van der Waals surface area contributed by atoms with Gasteiger partial charge in [-0.25, -0.2) is 4.79 Å². The summed E-state index contributed by atoms with van der Waals surface area (Å²) in [4.78, 5) is 21.4. The molecule has 1 heterocycles. The summed E-state index contributed by atoms with van der Waals surface area (Å²) in [5.41, 5.74) is 0. The molecule has 0 radical (unpaired) electrons. The van der Waals surface area contributed by atoms with E-state index in [9.17, 15) is 9.59 Å². The zero-order valence-electron chi connectivity index (χ0n) is 6.88. The van der Waals surface area contributed by atoms with Gasteiger partial charge in [-0.1, -0.05) is 0 Å². The van der Waals surface area contributed by atoms with Crippen LogP contribution in [0.2, 0.25) is 0 Å². The first-order valence-electron chi connectivity index (χ1n) is 3.73. The molecule has 4 atom stereocenters. The molecule has 6 heteroatoms. The largest absolute Gasteiger partial charge is 0.479 e. The van der Waals surface area contributed by atoms with Crippen molar-refractivity contribution in [1.29, 1.82) is 0 Å². The smallest absolute Gasteiger partial charge is 0.340 e. The molecule has 3 N–H and O–H groups in total. The molecule has 4 unspecified atom stereocenters. The fourth-order valence-corrected chi connectivity index (χ4v) is 1.12. The van der Waals surface area contributed by atoms with E-state index < -0.39 is 36.2 Å². The maximum atomic E-state index is 11.0. The molecule has 0 aromatic carbocycles. The summed E-state index contributed by atoms with van der Waals surface area (Å²) in [6.07, 6.45) is -5.57. The molecule has 0 bridgehead atoms. The summed E-state index contributed by atoms with van der Waals surface area (Å²) in [5.74, 6) is -2.47. The minimum Gasteiger partial charge on any atom is -0.479 e. The molecule has 1 aliphatic heterocycles. The number of carbonyl (C=O) groups is 2. The number of rotatable bonds is 1. The number of ketones is 1. The molecule has 0 aliphatic carbocycles. The maximum Gasteiger partial charge on any atom is 0.340 e. The molecular formula is C7H10O6. The highest BCUT2D eigenvalue weighted by Gasteiger charge is 2.44. The normalized spacial score (nSPS) is 40.4. The van der Waals surface area contributed by atoms with Gasteiger partial charge in [0.2, 0.25) is 11.9 Å². The molecule has 1 fully saturated rings. The van der Waals surface area contributed by atoms with Crippen LogP contribution >= 0.6 is 0 Å². The first-order valence-corrected chi connectivity index (χ1v) is 3.73. The summed E-state index contributed by atoms with van der Waals surface area (Å²) in [6.45, 7) is 1.39. The molecule has 6 nitrogen and oxygen atoms in total. The Morgan fingerprint density at radius 2 is 2.00 bits per heavy atom. The van der Waals surface area contributed by atoms with Gasteiger partial charge in [-0.15, -0.1) is 0 Å². The van der Waals surface area contributed by atoms with Crippen LogP contribution in [0.25, 0.3) is 0 Å². The van der Waals surface area contributed by atoms with Crippen LogP contribution in [0.1, 0.15) is 6.92 Å². The van der Waals surface area contributed by atoms with E-state index in [2.05, 4.69) is 4.74 Å². The lowest BCUT2D eigenvalue weighted by molar-refractivity contribution is -0.189. The van der Waals surface area contributed by atoms with Crippen molar-refractivity contribution >= 4 is 11.8 Å². The Hall–Kier alpha value is -0.980. The number of Topliss-reactive ketones (excluding diaryl/α,β-unsaturated/α-hetero) is 1. The van der Waals surface area contributed by atoms with E-state index in [0.29, 0.717) is 0 Å². The molecular weight excluding hydrogens is 180 g/mol. The monoisotopic (exact) mass is 190 g/mol. The third-order valence-corrected chi connectivity index (χ3v) is 1.93. The number of aliphatic hydroxyl groups excluding tert-OH is 2. The highest BCUT2D eigenvalue weighted by atomic mass is 16.5. The minimum absolute atomic E-state index is 0.867. The van der Waals surface area contributed by atoms with Crippen LogP contribution in [0, 0.1) is 0 Å². The lowest BCUT2D eigenvalue weighted by Gasteiger charge is -2.32. The Morgan fingerprint density at radius 1 is 1.46 bits per heavy atom. The lowest BCUT2D eigenvalue weighted by atomic mass is 9.97. The van der Waals surface area contributed by atoms with E-state index in [1.807, 2.05) is 0 Å². The van der Waals surface area contributed by atoms with Crippen molar-refractivity contribution in [2.75, 3.05) is 0 Å². The number of carboxylic acid groups (broad SMARTS) is 1. The summed E-state index contributed by atoms with van der Waals surface area (Å²) in [7, 11) is 0. The van der Waals surface area contributed by atoms with Gasteiger partial charge >= 0.3 is 5.97 Å². The van der Waals surface area contributed by atoms with Crippen LogP contribution in [0.3, 0.4) is 0 Å². The maximum absolute atomic E-state index is 11.0. The van der Waals surface area contributed by atoms with E-state index >= 15 is 0 Å². The number of carboxylic acids is 1. The van der Waals surface area contributed by atoms with Gasteiger partial charge in [0.1, 0.15) is 12.2 Å². The number of carbonyl (C=O) groups excluding carboxylic acids is 1. The van der Waals surface area contributed by atoms with E-state index in [-0.39, 0.29) is 0 Å². The second kappa shape index (κ2) is 3.41. The third-order valence-electron chi connectivity index (χ3n) is 1.93. The van der Waals surface area contributed by atoms with Gasteiger partial charge in [0, 0.05) is 0 Å². The number of hydrogen-bond acceptors (Lipinski definition) is 5. The van der Waals surface area contributed by atoms with Crippen LogP contribution in [-0.4, -0.2) is 51.5 Å². The molecule has 13 heavy (non-hydrogen) atoms. The predicted molar refractivity (Wildman–Crippen MR) is 39.0 cm³/mol. The number of ether oxygens (including phenoxy) is 1. The summed E-state index contributed by atoms with van der Waals surface area (Å²) < 4.78 is 4.68. The Morgan fingerprint density at radius 3 is 2.46 bits per heavy atom. The van der Waals surface area contributed by atoms with Crippen molar-refractivity contribution in [3.05, 3.63) is 0 Å². The quantitative estimate of drug-likeness (QED) is 0.419. The number of aliphatic carboxylic acids is 1. The standard InChI is InChI=1S/C7H10O6/c1-2-3(8)4(9)5(10)6(13-2)7(11)12/h2-4,6,8-9H,1H3,(H,11,12). The first kappa shape index (κ1) is 10.1. The topological polar surface area (TPSA) is 104 Å². The zero-order chi connectivity index (χ0) is 10.2. The van der Waals surface area contributed by atoms with E-state index in [1.165, 1.54) is 6.92 Å². The number of hydrogen-bond donors (Lipinski definition) is 3. The molecule has 1 aliphatic rings. The Labute approximate surface area is 73.7 Å². The average molecular weight is 190 g/mol. The van der Waals surface area contributed by atoms with Crippen LogP contribution in [0.5, 0.6) is 0 Å². The van der Waals surface area contributed by atoms with Crippen LogP contribution in [-0.2, 0) is 14.3 Å². The Kier molecular flexibility index (Phi) is 2.65. The average Bonchev–Trinajstić information content (AvgIpc) is 2.07. The van der Waals surface area contributed by atoms with Crippen LogP contribution in [0.15, 0.2) is 0 Å². The molecule has 0 spiro atoms. The van der Waals surface area contributed by atoms with Gasteiger partial charge in [-0.2, -0.15) is 0 Å². The van der Waals surface area contributed by atoms with Gasteiger partial charge in [0.15, 0.2) is 0 Å². The second-order valence-corrected chi connectivity index (χ2v) is 2.90. The van der Waals surface area contributed by atoms with Crippen molar-refractivity contribution in [3.8, 4) is 0 Å². The van der Waals surface area contributed by atoms with Gasteiger partial charge in [0.25, 0.3) is 0 Å². The van der Waals surface area contributed by atoms with E-state index in [4.69, 9.17) is 15.3 Å². The fourth-order valence-electron chi connectivity index (χ4n) is 1.12. The van der Waals surface area contributed by atoms with Crippen molar-refractivity contribution < 1.29 is 29.6 Å². The summed E-state index contributed by atoms with van der Waals surface area (Å²) in [6, 6.07) is 0. The SMILES string of the molecule is CC1OC(C(=O)O)C(=O)C(O)C1O. The first-order chi connectivity index (χ1) is 5.95. The van der Waals surface area contributed by atoms with Crippen LogP contribution < -0.4 is 0 Å². The van der Waals surface area contributed by atoms with Crippen molar-refractivity contribution in [2.45, 2.75) is 31.3 Å². The van der Waals surface area contributed by atoms with Gasteiger partial charge in [0.05, 0.1) is 6.10 Å². The summed E-state index contributed by atoms with van der Waals surface area (Å²) in [5, 5.41) is 26.7. The molecule has 1 saturated heterocycles. The third kappa shape index (κ3) is 1.69. The van der Waals surface area contributed by atoms with Crippen molar-refractivity contribution in [1.82, 2.24) is 0 Å². The lowest BCUT2D eigenvalue weighted by Crippen LogP contribution is -2.56.